The van der Waals surface area contributed by atoms with Crippen molar-refractivity contribution in [2.45, 2.75) is 12.5 Å². The van der Waals surface area contributed by atoms with Gasteiger partial charge in [0.15, 0.2) is 0 Å². The maximum absolute atomic E-state index is 10.8. The molecule has 0 aliphatic heterocycles. The third-order valence-electron chi connectivity index (χ3n) is 3.37. The van der Waals surface area contributed by atoms with Crippen LogP contribution in [-0.4, -0.2) is 15.1 Å². The minimum atomic E-state index is -0.467. The molecule has 7 heteroatoms. The van der Waals surface area contributed by atoms with E-state index in [2.05, 4.69) is 10.1 Å². The van der Waals surface area contributed by atoms with E-state index in [1.165, 1.54) is 12.1 Å². The van der Waals surface area contributed by atoms with Gasteiger partial charge in [0, 0.05) is 17.7 Å². The summed E-state index contributed by atoms with van der Waals surface area (Å²) in [5, 5.41) is 14.7. The van der Waals surface area contributed by atoms with Crippen LogP contribution in [0, 0.1) is 10.1 Å². The monoisotopic (exact) mass is 310 g/mol. The van der Waals surface area contributed by atoms with Crippen LogP contribution in [0.25, 0.3) is 11.4 Å². The summed E-state index contributed by atoms with van der Waals surface area (Å²) in [5.41, 5.74) is 7.65. The Balaban J connectivity index is 1.80. The van der Waals surface area contributed by atoms with Gasteiger partial charge >= 0.3 is 0 Å². The summed E-state index contributed by atoms with van der Waals surface area (Å²) >= 11 is 0. The van der Waals surface area contributed by atoms with Crippen LogP contribution < -0.4 is 5.73 Å². The molecule has 0 spiro atoms. The van der Waals surface area contributed by atoms with Crippen LogP contribution in [0.1, 0.15) is 17.5 Å². The highest BCUT2D eigenvalue weighted by atomic mass is 16.6. The normalized spacial score (nSPS) is 12.0. The van der Waals surface area contributed by atoms with E-state index in [0.29, 0.717) is 17.9 Å². The van der Waals surface area contributed by atoms with Crippen LogP contribution in [0.2, 0.25) is 0 Å². The molecule has 1 unspecified atom stereocenters. The minimum absolute atomic E-state index is 0.0255. The van der Waals surface area contributed by atoms with E-state index >= 15 is 0 Å². The zero-order valence-corrected chi connectivity index (χ0v) is 12.1. The van der Waals surface area contributed by atoms with Crippen LogP contribution >= 0.6 is 0 Å². The highest BCUT2D eigenvalue weighted by Crippen LogP contribution is 2.23. The summed E-state index contributed by atoms with van der Waals surface area (Å²) < 4.78 is 5.20. The molecule has 1 aromatic heterocycles. The molecule has 7 nitrogen and oxygen atoms in total. The number of nitrogens with zero attached hydrogens (tertiary/aromatic N) is 3. The van der Waals surface area contributed by atoms with Crippen molar-refractivity contribution in [2.24, 2.45) is 5.73 Å². The summed E-state index contributed by atoms with van der Waals surface area (Å²) in [7, 11) is 0. The van der Waals surface area contributed by atoms with Gasteiger partial charge in [-0.3, -0.25) is 10.1 Å². The number of benzene rings is 2. The first kappa shape index (κ1) is 14.9. The van der Waals surface area contributed by atoms with Gasteiger partial charge in [0.05, 0.1) is 11.0 Å². The summed E-state index contributed by atoms with van der Waals surface area (Å²) in [6, 6.07) is 15.4. The second-order valence-electron chi connectivity index (χ2n) is 5.06. The Morgan fingerprint density at radius 3 is 2.70 bits per heavy atom. The number of non-ortho nitro benzene ring substituents is 1. The topological polar surface area (TPSA) is 108 Å². The maximum Gasteiger partial charge on any atom is 0.270 e. The zero-order valence-electron chi connectivity index (χ0n) is 12.1. The van der Waals surface area contributed by atoms with Gasteiger partial charge < -0.3 is 10.3 Å². The molecule has 1 heterocycles. The second-order valence-corrected chi connectivity index (χ2v) is 5.06. The van der Waals surface area contributed by atoms with Crippen molar-refractivity contribution in [3.8, 4) is 11.4 Å². The first-order chi connectivity index (χ1) is 11.1. The molecule has 23 heavy (non-hydrogen) atoms. The third kappa shape index (κ3) is 3.41. The molecule has 1 atom stereocenters. The van der Waals surface area contributed by atoms with Crippen LogP contribution in [0.15, 0.2) is 59.1 Å². The number of hydrogen-bond acceptors (Lipinski definition) is 6. The molecule has 3 rings (SSSR count). The fraction of sp³-hybridized carbons (Fsp3) is 0.125. The average Bonchev–Trinajstić information content (AvgIpc) is 3.06. The van der Waals surface area contributed by atoms with E-state index in [9.17, 15) is 10.1 Å². The molecule has 0 fully saturated rings. The molecule has 0 saturated heterocycles. The van der Waals surface area contributed by atoms with Gasteiger partial charge in [-0.1, -0.05) is 47.6 Å². The van der Waals surface area contributed by atoms with Gasteiger partial charge in [0.1, 0.15) is 0 Å². The van der Waals surface area contributed by atoms with Crippen molar-refractivity contribution in [3.05, 3.63) is 76.2 Å². The van der Waals surface area contributed by atoms with E-state index in [4.69, 9.17) is 10.3 Å². The predicted molar refractivity (Wildman–Crippen MR) is 83.5 cm³/mol. The van der Waals surface area contributed by atoms with E-state index in [1.54, 1.807) is 12.1 Å². The summed E-state index contributed by atoms with van der Waals surface area (Å²) in [6.07, 6.45) is 0.567. The Morgan fingerprint density at radius 2 is 1.96 bits per heavy atom. The maximum atomic E-state index is 10.8. The summed E-state index contributed by atoms with van der Waals surface area (Å²) in [5.74, 6) is 0.586. The standard InChI is InChI=1S/C16H14N4O3/c17-14(9-11-5-2-1-3-6-11)16-18-15(19-23-16)12-7-4-8-13(10-12)20(21)22/h1-8,10,14H,9,17H2. The molecule has 0 aliphatic rings. The minimum Gasteiger partial charge on any atom is -0.337 e. The van der Waals surface area contributed by atoms with Crippen molar-refractivity contribution < 1.29 is 9.45 Å². The molecule has 116 valence electrons. The third-order valence-corrected chi connectivity index (χ3v) is 3.37. The molecule has 3 aromatic rings. The molecule has 2 N–H and O–H groups in total. The van der Waals surface area contributed by atoms with Gasteiger partial charge in [-0.25, -0.2) is 0 Å². The molecule has 0 saturated carbocycles. The quantitative estimate of drug-likeness (QED) is 0.573. The van der Waals surface area contributed by atoms with Crippen molar-refractivity contribution in [2.75, 3.05) is 0 Å². The number of nitro groups is 1. The lowest BCUT2D eigenvalue weighted by molar-refractivity contribution is -0.384. The van der Waals surface area contributed by atoms with Gasteiger partial charge in [-0.15, -0.1) is 0 Å². The van der Waals surface area contributed by atoms with Gasteiger partial charge in [-0.05, 0) is 12.0 Å². The smallest absolute Gasteiger partial charge is 0.270 e. The average molecular weight is 310 g/mol. The van der Waals surface area contributed by atoms with Crippen molar-refractivity contribution in [3.63, 3.8) is 0 Å². The number of rotatable bonds is 5. The first-order valence-corrected chi connectivity index (χ1v) is 7.01. The molecule has 2 aromatic carbocycles. The predicted octanol–water partition coefficient (Wildman–Crippen LogP) is 2.89. The SMILES string of the molecule is NC(Cc1ccccc1)c1nc(-c2cccc([N+](=O)[O-])c2)no1. The lowest BCUT2D eigenvalue weighted by atomic mass is 10.1. The summed E-state index contributed by atoms with van der Waals surface area (Å²) in [4.78, 5) is 14.6. The summed E-state index contributed by atoms with van der Waals surface area (Å²) in [6.45, 7) is 0. The van der Waals surface area contributed by atoms with Crippen LogP contribution in [0.3, 0.4) is 0 Å². The van der Waals surface area contributed by atoms with Gasteiger partial charge in [-0.2, -0.15) is 4.98 Å². The number of hydrogen-bond donors (Lipinski definition) is 1. The van der Waals surface area contributed by atoms with E-state index in [0.717, 1.165) is 5.56 Å². The van der Waals surface area contributed by atoms with Crippen molar-refractivity contribution in [1.82, 2.24) is 10.1 Å². The van der Waals surface area contributed by atoms with Crippen molar-refractivity contribution in [1.29, 1.82) is 0 Å². The van der Waals surface area contributed by atoms with Crippen LogP contribution in [-0.2, 0) is 6.42 Å². The Bertz CT molecular complexity index is 817. The van der Waals surface area contributed by atoms with Crippen LogP contribution in [0.4, 0.5) is 5.69 Å². The molecule has 0 bridgehead atoms. The van der Waals surface area contributed by atoms with Gasteiger partial charge in [0.25, 0.3) is 5.69 Å². The number of nitrogens with two attached hydrogens (primary N) is 1. The van der Waals surface area contributed by atoms with E-state index in [1.807, 2.05) is 30.3 Å². The van der Waals surface area contributed by atoms with Crippen LogP contribution in [0.5, 0.6) is 0 Å². The molecule has 0 amide bonds. The lowest BCUT2D eigenvalue weighted by Crippen LogP contribution is -2.13. The first-order valence-electron chi connectivity index (χ1n) is 7.01. The largest absolute Gasteiger partial charge is 0.337 e. The second kappa shape index (κ2) is 6.37. The van der Waals surface area contributed by atoms with E-state index in [-0.39, 0.29) is 11.5 Å². The van der Waals surface area contributed by atoms with E-state index < -0.39 is 11.0 Å². The molecule has 0 aliphatic carbocycles. The Hall–Kier alpha value is -3.06. The zero-order chi connectivity index (χ0) is 16.2. The fourth-order valence-electron chi connectivity index (χ4n) is 2.22. The Labute approximate surface area is 131 Å². The highest BCUT2D eigenvalue weighted by Gasteiger charge is 2.17. The molecular weight excluding hydrogens is 296 g/mol. The van der Waals surface area contributed by atoms with Crippen molar-refractivity contribution >= 4 is 5.69 Å². The molecule has 0 radical (unpaired) electrons. The highest BCUT2D eigenvalue weighted by molar-refractivity contribution is 5.58. The number of nitro benzene ring substituents is 1. The Morgan fingerprint density at radius 1 is 1.17 bits per heavy atom. The fourth-order valence-corrected chi connectivity index (χ4v) is 2.22. The number of aromatic nitrogens is 2. The Kier molecular flexibility index (Phi) is 4.11. The lowest BCUT2D eigenvalue weighted by Gasteiger charge is -2.05. The molecular formula is C16H14N4O3. The van der Waals surface area contributed by atoms with Gasteiger partial charge in [0.2, 0.25) is 11.7 Å².